The fourth-order valence-electron chi connectivity index (χ4n) is 3.83. The minimum atomic E-state index is -0.601. The highest BCUT2D eigenvalue weighted by Crippen LogP contribution is 2.33. The summed E-state index contributed by atoms with van der Waals surface area (Å²) in [5.74, 6) is -0.414. The molecule has 154 valence electrons. The number of piperidine rings is 1. The van der Waals surface area contributed by atoms with Crippen LogP contribution in [-0.2, 0) is 9.63 Å². The molecule has 0 aliphatic carbocycles. The maximum absolute atomic E-state index is 13.1. The van der Waals surface area contributed by atoms with E-state index in [-0.39, 0.29) is 23.6 Å². The molecule has 2 aromatic rings. The summed E-state index contributed by atoms with van der Waals surface area (Å²) < 4.78 is 0. The predicted octanol–water partition coefficient (Wildman–Crippen LogP) is 0.964. The van der Waals surface area contributed by atoms with Gasteiger partial charge >= 0.3 is 0 Å². The highest BCUT2D eigenvalue weighted by Gasteiger charge is 2.37. The average Bonchev–Trinajstić information content (AvgIpc) is 3.29. The molecule has 2 N–H and O–H groups in total. The Kier molecular flexibility index (Phi) is 5.54. The van der Waals surface area contributed by atoms with Crippen LogP contribution in [0.2, 0.25) is 0 Å². The minimum Gasteiger partial charge on any atom is -0.364 e. The molecule has 1 atom stereocenters. The van der Waals surface area contributed by atoms with Gasteiger partial charge in [-0.1, -0.05) is 0 Å². The molecule has 10 heteroatoms. The third kappa shape index (κ3) is 3.92. The molecule has 2 amide bonds. The van der Waals surface area contributed by atoms with Crippen LogP contribution in [0.1, 0.15) is 46.9 Å². The molecule has 30 heavy (non-hydrogen) atoms. The SMILES string of the molecule is N#Cc1cncc([C@H]2CCON2C(=O)C2CCN(c3nccc(C(N)=O)n3)CC2)c1. The van der Waals surface area contributed by atoms with Crippen LogP contribution in [0, 0.1) is 17.2 Å². The number of aromatic nitrogens is 3. The summed E-state index contributed by atoms with van der Waals surface area (Å²) in [5.41, 5.74) is 6.71. The van der Waals surface area contributed by atoms with Gasteiger partial charge in [-0.2, -0.15) is 5.26 Å². The van der Waals surface area contributed by atoms with Gasteiger partial charge in [-0.3, -0.25) is 19.4 Å². The van der Waals surface area contributed by atoms with Gasteiger partial charge in [0, 0.05) is 44.0 Å². The molecular weight excluding hydrogens is 386 g/mol. The molecule has 2 aliphatic rings. The van der Waals surface area contributed by atoms with Gasteiger partial charge in [0.15, 0.2) is 0 Å². The molecule has 0 unspecified atom stereocenters. The molecule has 4 heterocycles. The third-order valence-corrected chi connectivity index (χ3v) is 5.42. The molecule has 2 fully saturated rings. The molecule has 0 radical (unpaired) electrons. The van der Waals surface area contributed by atoms with Crippen molar-refractivity contribution in [2.45, 2.75) is 25.3 Å². The predicted molar refractivity (Wildman–Crippen MR) is 105 cm³/mol. The van der Waals surface area contributed by atoms with E-state index in [1.165, 1.54) is 23.5 Å². The summed E-state index contributed by atoms with van der Waals surface area (Å²) in [6.45, 7) is 1.62. The van der Waals surface area contributed by atoms with E-state index in [2.05, 4.69) is 21.0 Å². The average molecular weight is 407 g/mol. The number of carbonyl (C=O) groups excluding carboxylic acids is 2. The Bertz CT molecular complexity index is 998. The highest BCUT2D eigenvalue weighted by molar-refractivity contribution is 5.90. The van der Waals surface area contributed by atoms with E-state index < -0.39 is 5.91 Å². The van der Waals surface area contributed by atoms with Crippen LogP contribution in [0.5, 0.6) is 0 Å². The third-order valence-electron chi connectivity index (χ3n) is 5.42. The zero-order valence-corrected chi connectivity index (χ0v) is 16.3. The molecule has 2 aromatic heterocycles. The normalized spacial score (nSPS) is 19.5. The van der Waals surface area contributed by atoms with E-state index in [4.69, 9.17) is 15.8 Å². The fourth-order valence-corrected chi connectivity index (χ4v) is 3.83. The van der Waals surface area contributed by atoms with Crippen molar-refractivity contribution in [3.8, 4) is 6.07 Å². The number of amides is 2. The van der Waals surface area contributed by atoms with E-state index in [0.717, 1.165) is 5.56 Å². The Hall–Kier alpha value is -3.58. The first-order valence-corrected chi connectivity index (χ1v) is 9.75. The highest BCUT2D eigenvalue weighted by atomic mass is 16.7. The quantitative estimate of drug-likeness (QED) is 0.791. The van der Waals surface area contributed by atoms with Crippen molar-refractivity contribution >= 4 is 17.8 Å². The summed E-state index contributed by atoms with van der Waals surface area (Å²) >= 11 is 0. The van der Waals surface area contributed by atoms with Gasteiger partial charge in [0.25, 0.3) is 5.91 Å². The Labute approximate surface area is 173 Å². The molecule has 4 rings (SSSR count). The summed E-state index contributed by atoms with van der Waals surface area (Å²) in [6.07, 6.45) is 6.57. The smallest absolute Gasteiger partial charge is 0.267 e. The topological polar surface area (TPSA) is 138 Å². The van der Waals surface area contributed by atoms with Crippen LogP contribution >= 0.6 is 0 Å². The lowest BCUT2D eigenvalue weighted by atomic mass is 9.94. The number of nitrogens with zero attached hydrogens (tertiary/aromatic N) is 6. The van der Waals surface area contributed by atoms with E-state index in [0.29, 0.717) is 50.5 Å². The number of primary amides is 1. The zero-order chi connectivity index (χ0) is 21.1. The van der Waals surface area contributed by atoms with Crippen LogP contribution in [0.3, 0.4) is 0 Å². The number of hydrogen-bond donors (Lipinski definition) is 1. The summed E-state index contributed by atoms with van der Waals surface area (Å²) in [6, 6.07) is 5.06. The van der Waals surface area contributed by atoms with Gasteiger partial charge in [0.2, 0.25) is 11.9 Å². The lowest BCUT2D eigenvalue weighted by Crippen LogP contribution is -2.42. The zero-order valence-electron chi connectivity index (χ0n) is 16.3. The van der Waals surface area contributed by atoms with Crippen LogP contribution < -0.4 is 10.6 Å². The van der Waals surface area contributed by atoms with Gasteiger partial charge < -0.3 is 10.6 Å². The molecule has 0 saturated carbocycles. The number of nitriles is 1. The minimum absolute atomic E-state index is 0.0636. The summed E-state index contributed by atoms with van der Waals surface area (Å²) in [5, 5.41) is 10.6. The molecule has 0 aromatic carbocycles. The maximum atomic E-state index is 13.1. The van der Waals surface area contributed by atoms with Crippen molar-refractivity contribution in [2.24, 2.45) is 11.7 Å². The number of hydroxylamine groups is 2. The Morgan fingerprint density at radius 3 is 2.77 bits per heavy atom. The van der Waals surface area contributed by atoms with Crippen molar-refractivity contribution in [1.82, 2.24) is 20.0 Å². The first-order valence-electron chi connectivity index (χ1n) is 9.75. The summed E-state index contributed by atoms with van der Waals surface area (Å²) in [4.78, 5) is 44.6. The second kappa shape index (κ2) is 8.42. The number of hydrogen-bond acceptors (Lipinski definition) is 8. The largest absolute Gasteiger partial charge is 0.364 e. The number of pyridine rings is 1. The monoisotopic (exact) mass is 407 g/mol. The van der Waals surface area contributed by atoms with Gasteiger partial charge in [-0.15, -0.1) is 0 Å². The molecular formula is C20H21N7O3. The number of rotatable bonds is 4. The number of anilines is 1. The van der Waals surface area contributed by atoms with Crippen LogP contribution in [0.15, 0.2) is 30.7 Å². The van der Waals surface area contributed by atoms with E-state index in [1.807, 2.05) is 4.90 Å². The van der Waals surface area contributed by atoms with Gasteiger partial charge in [0.05, 0.1) is 18.2 Å². The lowest BCUT2D eigenvalue weighted by Gasteiger charge is -2.34. The Morgan fingerprint density at radius 1 is 1.23 bits per heavy atom. The van der Waals surface area contributed by atoms with Gasteiger partial charge in [-0.05, 0) is 30.5 Å². The fraction of sp³-hybridized carbons (Fsp3) is 0.400. The second-order valence-electron chi connectivity index (χ2n) is 7.29. The van der Waals surface area contributed by atoms with E-state index in [9.17, 15) is 9.59 Å². The second-order valence-corrected chi connectivity index (χ2v) is 7.29. The van der Waals surface area contributed by atoms with E-state index >= 15 is 0 Å². The van der Waals surface area contributed by atoms with Crippen molar-refractivity contribution in [1.29, 1.82) is 5.26 Å². The lowest BCUT2D eigenvalue weighted by molar-refractivity contribution is -0.182. The van der Waals surface area contributed by atoms with Crippen molar-refractivity contribution in [2.75, 3.05) is 24.6 Å². The van der Waals surface area contributed by atoms with Crippen LogP contribution in [0.4, 0.5) is 5.95 Å². The maximum Gasteiger partial charge on any atom is 0.267 e. The standard InChI is InChI=1S/C20H21N7O3/c21-10-13-9-15(12-23-11-13)17-4-8-30-27(17)19(29)14-2-6-26(7-3-14)20-24-5-1-16(25-20)18(22)28/h1,5,9,11-12,14,17H,2-4,6-8H2,(H2,22,28)/t17-/m1/s1. The molecule has 2 aliphatic heterocycles. The van der Waals surface area contributed by atoms with E-state index in [1.54, 1.807) is 12.3 Å². The number of nitrogens with two attached hydrogens (primary N) is 1. The van der Waals surface area contributed by atoms with Gasteiger partial charge in [0.1, 0.15) is 11.8 Å². The number of carbonyl (C=O) groups is 2. The Morgan fingerprint density at radius 2 is 2.03 bits per heavy atom. The van der Waals surface area contributed by atoms with Crippen molar-refractivity contribution < 1.29 is 14.4 Å². The van der Waals surface area contributed by atoms with Gasteiger partial charge in [-0.25, -0.2) is 15.0 Å². The molecule has 0 bridgehead atoms. The first-order chi connectivity index (χ1) is 14.6. The van der Waals surface area contributed by atoms with Crippen LogP contribution in [0.25, 0.3) is 0 Å². The van der Waals surface area contributed by atoms with Crippen LogP contribution in [-0.4, -0.2) is 51.5 Å². The Balaban J connectivity index is 1.42. The molecule has 10 nitrogen and oxygen atoms in total. The van der Waals surface area contributed by atoms with Crippen molar-refractivity contribution in [3.05, 3.63) is 47.5 Å². The molecule has 0 spiro atoms. The first kappa shape index (κ1) is 19.7. The molecule has 2 saturated heterocycles. The summed E-state index contributed by atoms with van der Waals surface area (Å²) in [7, 11) is 0. The van der Waals surface area contributed by atoms with Crippen molar-refractivity contribution in [3.63, 3.8) is 0 Å².